The number of ether oxygens (including phenoxy) is 4. The molecule has 0 saturated carbocycles. The van der Waals surface area contributed by atoms with E-state index in [1.807, 2.05) is 0 Å². The SMILES string of the molecule is CC(=O)OCC1(COC(C)=O)c2cc(C#C[C@H]3O[C@H](CO)[C@@H](O)[C@H](O)[C@@H]3O)ccc2-c2ccc(C#C[C@H]3O[C@H](CO)[C@@H](O)[C@H](O)[C@@H]3O)cc21. The average molecular weight is 683 g/mol. The van der Waals surface area contributed by atoms with Gasteiger partial charge in [-0.25, -0.2) is 0 Å². The Morgan fingerprint density at radius 1 is 0.653 bits per heavy atom. The van der Waals surface area contributed by atoms with Crippen molar-refractivity contribution in [3.63, 3.8) is 0 Å². The molecule has 262 valence electrons. The van der Waals surface area contributed by atoms with Gasteiger partial charge in [0.15, 0.2) is 0 Å². The minimum absolute atomic E-state index is 0.247. The van der Waals surface area contributed by atoms with Gasteiger partial charge in [-0.15, -0.1) is 0 Å². The Balaban J connectivity index is 1.55. The molecule has 0 radical (unpaired) electrons. The topological polar surface area (TPSA) is 233 Å². The minimum atomic E-state index is -1.60. The molecule has 0 amide bonds. The summed E-state index contributed by atoms with van der Waals surface area (Å²) in [5, 5.41) is 80.4. The highest BCUT2D eigenvalue weighted by atomic mass is 16.6. The third-order valence-electron chi connectivity index (χ3n) is 8.91. The highest BCUT2D eigenvalue weighted by Gasteiger charge is 2.47. The van der Waals surface area contributed by atoms with Gasteiger partial charge in [-0.1, -0.05) is 35.8 Å². The van der Waals surface area contributed by atoms with Gasteiger partial charge in [0.2, 0.25) is 0 Å². The smallest absolute Gasteiger partial charge is 0.302 e. The highest BCUT2D eigenvalue weighted by Crippen LogP contribution is 2.50. The fourth-order valence-electron chi connectivity index (χ4n) is 6.20. The van der Waals surface area contributed by atoms with Crippen LogP contribution in [0.4, 0.5) is 0 Å². The van der Waals surface area contributed by atoms with Crippen molar-refractivity contribution in [2.45, 2.75) is 80.3 Å². The molecule has 5 rings (SSSR count). The standard InChI is InChI=1S/C35H38O14/c1-17(38)46-15-35(16-47-18(2)39)23-11-19(5-9-25-29(40)33(44)31(42)27(13-36)48-25)3-7-21(23)22-8-4-20(12-24(22)35)6-10-26-30(41)34(45)32(43)28(14-37)49-26/h3-4,7-8,11-12,25-34,36-37,40-45H,13-16H2,1-2H3/t25-,26-,27-,28-,29-,30-,31-,32-,33-,34-/m1/s1. The van der Waals surface area contributed by atoms with E-state index in [9.17, 15) is 50.4 Å². The number of carbonyl (C=O) groups is 2. The van der Waals surface area contributed by atoms with E-state index in [4.69, 9.17) is 18.9 Å². The molecule has 2 aliphatic heterocycles. The van der Waals surface area contributed by atoms with Gasteiger partial charge in [-0.3, -0.25) is 9.59 Å². The summed E-state index contributed by atoms with van der Waals surface area (Å²) < 4.78 is 22.1. The molecule has 2 heterocycles. The summed E-state index contributed by atoms with van der Waals surface area (Å²) in [5.74, 6) is 10.1. The van der Waals surface area contributed by atoms with Crippen LogP contribution in [0, 0.1) is 23.7 Å². The first-order valence-corrected chi connectivity index (χ1v) is 15.5. The van der Waals surface area contributed by atoms with Crippen LogP contribution >= 0.6 is 0 Å². The van der Waals surface area contributed by atoms with Crippen LogP contribution in [0.1, 0.15) is 36.1 Å². The van der Waals surface area contributed by atoms with E-state index < -0.39 is 91.6 Å². The molecule has 0 unspecified atom stereocenters. The fourth-order valence-corrected chi connectivity index (χ4v) is 6.20. The molecule has 8 N–H and O–H groups in total. The lowest BCUT2D eigenvalue weighted by Crippen LogP contribution is -2.58. The molecule has 2 fully saturated rings. The highest BCUT2D eigenvalue weighted by molar-refractivity contribution is 5.83. The molecule has 1 aliphatic carbocycles. The molecule has 2 saturated heterocycles. The minimum Gasteiger partial charge on any atom is -0.464 e. The van der Waals surface area contributed by atoms with Gasteiger partial charge in [-0.2, -0.15) is 0 Å². The number of aliphatic hydroxyl groups excluding tert-OH is 8. The lowest BCUT2D eigenvalue weighted by molar-refractivity contribution is -0.214. The second-order valence-electron chi connectivity index (χ2n) is 12.2. The first-order valence-electron chi connectivity index (χ1n) is 15.5. The molecule has 14 nitrogen and oxygen atoms in total. The maximum absolute atomic E-state index is 12.1. The number of aliphatic hydroxyl groups is 8. The van der Waals surface area contributed by atoms with Crippen LogP contribution in [0.2, 0.25) is 0 Å². The monoisotopic (exact) mass is 682 g/mol. The van der Waals surface area contributed by atoms with Gasteiger partial charge < -0.3 is 59.8 Å². The molecule has 2 aromatic carbocycles. The van der Waals surface area contributed by atoms with Crippen molar-refractivity contribution in [3.8, 4) is 34.8 Å². The van der Waals surface area contributed by atoms with Crippen LogP contribution in [0.15, 0.2) is 36.4 Å². The van der Waals surface area contributed by atoms with E-state index in [1.165, 1.54) is 13.8 Å². The van der Waals surface area contributed by atoms with Gasteiger partial charge in [0.05, 0.1) is 18.6 Å². The molecule has 0 bridgehead atoms. The van der Waals surface area contributed by atoms with Crippen molar-refractivity contribution in [2.75, 3.05) is 26.4 Å². The van der Waals surface area contributed by atoms with Crippen LogP contribution in [-0.4, -0.2) is 140 Å². The Hall–Kier alpha value is -3.90. The zero-order valence-corrected chi connectivity index (χ0v) is 26.6. The molecular formula is C35H38O14. The van der Waals surface area contributed by atoms with Gasteiger partial charge >= 0.3 is 11.9 Å². The van der Waals surface area contributed by atoms with Crippen molar-refractivity contribution < 1.29 is 69.4 Å². The number of carbonyl (C=O) groups excluding carboxylic acids is 2. The van der Waals surface area contributed by atoms with Crippen molar-refractivity contribution >= 4 is 11.9 Å². The zero-order valence-electron chi connectivity index (χ0n) is 26.6. The summed E-state index contributed by atoms with van der Waals surface area (Å²) in [6, 6.07) is 10.3. The predicted molar refractivity (Wildman–Crippen MR) is 167 cm³/mol. The summed E-state index contributed by atoms with van der Waals surface area (Å²) in [4.78, 5) is 24.2. The third kappa shape index (κ3) is 7.21. The Morgan fingerprint density at radius 3 is 1.39 bits per heavy atom. The van der Waals surface area contributed by atoms with E-state index in [0.29, 0.717) is 33.4 Å². The number of benzene rings is 2. The van der Waals surface area contributed by atoms with E-state index in [2.05, 4.69) is 23.7 Å². The molecular weight excluding hydrogens is 644 g/mol. The normalized spacial score (nSPS) is 31.2. The molecule has 0 spiro atoms. The molecule has 2 aromatic rings. The number of rotatable bonds is 6. The maximum Gasteiger partial charge on any atom is 0.302 e. The number of esters is 2. The molecule has 14 heteroatoms. The van der Waals surface area contributed by atoms with E-state index in [1.54, 1.807) is 36.4 Å². The van der Waals surface area contributed by atoms with Gasteiger partial charge in [0.1, 0.15) is 74.3 Å². The Labute approximate surface area is 281 Å². The predicted octanol–water partition coefficient (Wildman–Crippen LogP) is -2.53. The lowest BCUT2D eigenvalue weighted by atomic mass is 9.78. The maximum atomic E-state index is 12.1. The van der Waals surface area contributed by atoms with Crippen molar-refractivity contribution in [1.82, 2.24) is 0 Å². The van der Waals surface area contributed by atoms with Crippen LogP contribution in [0.25, 0.3) is 11.1 Å². The second kappa shape index (κ2) is 14.9. The number of hydrogen-bond donors (Lipinski definition) is 8. The first-order chi connectivity index (χ1) is 23.3. The van der Waals surface area contributed by atoms with Gasteiger partial charge in [0.25, 0.3) is 0 Å². The summed E-state index contributed by atoms with van der Waals surface area (Å²) >= 11 is 0. The van der Waals surface area contributed by atoms with Crippen LogP contribution in [0.5, 0.6) is 0 Å². The first kappa shape index (κ1) is 36.4. The summed E-state index contributed by atoms with van der Waals surface area (Å²) in [5.41, 5.74) is 2.18. The van der Waals surface area contributed by atoms with Crippen LogP contribution in [-0.2, 0) is 34.0 Å². The van der Waals surface area contributed by atoms with Gasteiger partial charge in [-0.05, 0) is 46.5 Å². The Morgan fingerprint density at radius 2 is 1.04 bits per heavy atom. The Bertz CT molecular complexity index is 1560. The third-order valence-corrected chi connectivity index (χ3v) is 8.91. The van der Waals surface area contributed by atoms with Gasteiger partial charge in [0, 0.05) is 25.0 Å². The summed E-state index contributed by atoms with van der Waals surface area (Å²) in [6.45, 7) is 0.765. The summed E-state index contributed by atoms with van der Waals surface area (Å²) in [6.07, 6.45) is -14.1. The fraction of sp³-hybridized carbons (Fsp3) is 0.486. The largest absolute Gasteiger partial charge is 0.464 e. The van der Waals surface area contributed by atoms with Crippen molar-refractivity contribution in [3.05, 3.63) is 58.7 Å². The lowest BCUT2D eigenvalue weighted by Gasteiger charge is -2.37. The molecule has 0 aromatic heterocycles. The Kier molecular flexibility index (Phi) is 11.1. The number of hydrogen-bond acceptors (Lipinski definition) is 14. The summed E-state index contributed by atoms with van der Waals surface area (Å²) in [7, 11) is 0. The zero-order chi connectivity index (χ0) is 35.6. The number of fused-ring (bicyclic) bond motifs is 3. The van der Waals surface area contributed by atoms with Crippen molar-refractivity contribution in [2.24, 2.45) is 0 Å². The van der Waals surface area contributed by atoms with E-state index >= 15 is 0 Å². The van der Waals surface area contributed by atoms with Crippen molar-refractivity contribution in [1.29, 1.82) is 0 Å². The quantitative estimate of drug-likeness (QED) is 0.116. The molecule has 3 aliphatic rings. The molecule has 10 atom stereocenters. The van der Waals surface area contributed by atoms with Crippen LogP contribution < -0.4 is 0 Å². The van der Waals surface area contributed by atoms with E-state index in [-0.39, 0.29) is 13.2 Å². The van der Waals surface area contributed by atoms with Crippen LogP contribution in [0.3, 0.4) is 0 Å². The van der Waals surface area contributed by atoms with E-state index in [0.717, 1.165) is 0 Å². The average Bonchev–Trinajstić information content (AvgIpc) is 3.35. The molecule has 49 heavy (non-hydrogen) atoms. The second-order valence-corrected chi connectivity index (χ2v) is 12.2.